The number of carbonyl (C=O) groups is 2. The molecule has 2 aromatic rings. The summed E-state index contributed by atoms with van der Waals surface area (Å²) < 4.78 is 63.7. The number of likely N-dealkylation sites (tertiary alicyclic amines) is 2. The second-order valence-corrected chi connectivity index (χ2v) is 12.0. The van der Waals surface area contributed by atoms with Crippen molar-refractivity contribution in [1.82, 2.24) is 9.80 Å². The zero-order valence-corrected chi connectivity index (χ0v) is 24.8. The van der Waals surface area contributed by atoms with Gasteiger partial charge in [0, 0.05) is 56.7 Å². The minimum Gasteiger partial charge on any atom is -0.392 e. The highest BCUT2D eigenvalue weighted by molar-refractivity contribution is 5.98. The standard InChI is InChI=1S/C32H38F3N3O7/c33-32(34,35)30(41)38-13-1-2-26(38)28(40)36-24-9-7-23(8-10-24)29-44-25(18-27(45-29)22-5-3-21(20-39)4-6-22)19-37-14-11-31(12-15-37)42-16-17-43-31/h3-10,25-27,29,39H,1-2,11-20H2,(H,36,40). The number of piperidine rings is 1. The second kappa shape index (κ2) is 13.3. The van der Waals surface area contributed by atoms with Crippen molar-refractivity contribution in [3.8, 4) is 0 Å². The van der Waals surface area contributed by atoms with E-state index in [0.717, 1.165) is 42.6 Å². The molecule has 2 N–H and O–H groups in total. The second-order valence-electron chi connectivity index (χ2n) is 12.0. The van der Waals surface area contributed by atoms with Gasteiger partial charge in [0.25, 0.3) is 0 Å². The van der Waals surface area contributed by atoms with E-state index in [1.807, 2.05) is 24.3 Å². The Bertz CT molecular complexity index is 1330. The first kappa shape index (κ1) is 31.9. The third-order valence-corrected chi connectivity index (χ3v) is 9.02. The number of hydrogen-bond donors (Lipinski definition) is 2. The molecule has 4 aliphatic heterocycles. The molecule has 244 valence electrons. The van der Waals surface area contributed by atoms with Crippen LogP contribution in [0.3, 0.4) is 0 Å². The summed E-state index contributed by atoms with van der Waals surface area (Å²) in [6.45, 7) is 3.43. The quantitative estimate of drug-likeness (QED) is 0.470. The molecule has 10 nitrogen and oxygen atoms in total. The molecule has 2 amide bonds. The molecule has 0 bridgehead atoms. The zero-order chi connectivity index (χ0) is 31.6. The molecule has 4 atom stereocenters. The Morgan fingerprint density at radius 3 is 2.24 bits per heavy atom. The van der Waals surface area contributed by atoms with Gasteiger partial charge in [0.05, 0.1) is 32.0 Å². The lowest BCUT2D eigenvalue weighted by molar-refractivity contribution is -0.255. The summed E-state index contributed by atoms with van der Waals surface area (Å²) in [5, 5.41) is 12.1. The molecule has 2 aromatic carbocycles. The third kappa shape index (κ3) is 7.34. The topological polar surface area (TPSA) is 110 Å². The minimum absolute atomic E-state index is 0.0512. The molecule has 0 aliphatic carbocycles. The highest BCUT2D eigenvalue weighted by atomic mass is 19.4. The zero-order valence-electron chi connectivity index (χ0n) is 24.8. The molecule has 0 radical (unpaired) electrons. The Kier molecular flexibility index (Phi) is 9.46. The van der Waals surface area contributed by atoms with Gasteiger partial charge in [-0.25, -0.2) is 0 Å². The highest BCUT2D eigenvalue weighted by Gasteiger charge is 2.48. The van der Waals surface area contributed by atoms with E-state index in [0.29, 0.717) is 43.2 Å². The van der Waals surface area contributed by atoms with Gasteiger partial charge in [-0.05, 0) is 36.1 Å². The number of aliphatic hydroxyl groups excluding tert-OH is 1. The number of nitrogens with zero attached hydrogens (tertiary/aromatic N) is 2. The number of rotatable bonds is 7. The average molecular weight is 634 g/mol. The Morgan fingerprint density at radius 1 is 0.933 bits per heavy atom. The molecule has 0 aromatic heterocycles. The number of anilines is 1. The van der Waals surface area contributed by atoms with Crippen LogP contribution in [0.15, 0.2) is 48.5 Å². The number of nitrogens with one attached hydrogen (secondary N) is 1. The van der Waals surface area contributed by atoms with Crippen molar-refractivity contribution >= 4 is 17.5 Å². The summed E-state index contributed by atoms with van der Waals surface area (Å²) in [6.07, 6.45) is -3.45. The van der Waals surface area contributed by atoms with Crippen molar-refractivity contribution in [3.05, 3.63) is 65.2 Å². The van der Waals surface area contributed by atoms with Crippen LogP contribution in [0.25, 0.3) is 0 Å². The Labute approximate surface area is 259 Å². The van der Waals surface area contributed by atoms with Crippen LogP contribution in [-0.4, -0.2) is 90.2 Å². The number of benzene rings is 2. The molecule has 6 rings (SSSR count). The van der Waals surface area contributed by atoms with Crippen LogP contribution in [0.4, 0.5) is 18.9 Å². The lowest BCUT2D eigenvalue weighted by Gasteiger charge is -2.41. The smallest absolute Gasteiger partial charge is 0.392 e. The molecule has 4 unspecified atom stereocenters. The molecule has 4 saturated heterocycles. The predicted octanol–water partition coefficient (Wildman–Crippen LogP) is 4.06. The van der Waals surface area contributed by atoms with Crippen molar-refractivity contribution in [2.45, 2.75) is 75.2 Å². The van der Waals surface area contributed by atoms with Gasteiger partial charge in [-0.2, -0.15) is 13.2 Å². The fourth-order valence-electron chi connectivity index (χ4n) is 6.58. The molecule has 13 heteroatoms. The largest absolute Gasteiger partial charge is 0.471 e. The molecule has 45 heavy (non-hydrogen) atoms. The van der Waals surface area contributed by atoms with Crippen LogP contribution >= 0.6 is 0 Å². The Hall–Kier alpha value is -3.07. The number of halogens is 3. The number of ether oxygens (including phenoxy) is 4. The number of carbonyl (C=O) groups excluding carboxylic acids is 2. The van der Waals surface area contributed by atoms with E-state index < -0.39 is 36.1 Å². The maximum atomic E-state index is 13.0. The van der Waals surface area contributed by atoms with Crippen LogP contribution in [0, 0.1) is 0 Å². The van der Waals surface area contributed by atoms with Crippen LogP contribution in [0.1, 0.15) is 61.2 Å². The molecule has 0 saturated carbocycles. The minimum atomic E-state index is -5.03. The van der Waals surface area contributed by atoms with E-state index in [2.05, 4.69) is 10.2 Å². The van der Waals surface area contributed by atoms with E-state index >= 15 is 0 Å². The Morgan fingerprint density at radius 2 is 1.60 bits per heavy atom. The first-order chi connectivity index (χ1) is 21.6. The summed E-state index contributed by atoms with van der Waals surface area (Å²) in [7, 11) is 0. The SMILES string of the molecule is O=C(Nc1ccc(C2OC(CN3CCC4(CC3)OCCO4)CC(c3ccc(CO)cc3)O2)cc1)C1CCCN1C(=O)C(F)(F)F. The number of hydrogen-bond acceptors (Lipinski definition) is 8. The third-order valence-electron chi connectivity index (χ3n) is 9.02. The first-order valence-corrected chi connectivity index (χ1v) is 15.4. The van der Waals surface area contributed by atoms with Gasteiger partial charge in [-0.1, -0.05) is 36.4 Å². The normalized spacial score (nSPS) is 27.2. The maximum absolute atomic E-state index is 13.0. The number of amides is 2. The molecular weight excluding hydrogens is 595 g/mol. The van der Waals surface area contributed by atoms with Crippen LogP contribution < -0.4 is 5.32 Å². The molecule has 4 heterocycles. The van der Waals surface area contributed by atoms with Crippen molar-refractivity contribution < 1.29 is 46.8 Å². The van der Waals surface area contributed by atoms with E-state index in [4.69, 9.17) is 18.9 Å². The molecule has 4 fully saturated rings. The lowest BCUT2D eigenvalue weighted by Crippen LogP contribution is -2.48. The Balaban J connectivity index is 1.13. The summed E-state index contributed by atoms with van der Waals surface area (Å²) in [5.74, 6) is -3.12. The maximum Gasteiger partial charge on any atom is 0.471 e. The van der Waals surface area contributed by atoms with Gasteiger partial charge < -0.3 is 39.2 Å². The van der Waals surface area contributed by atoms with Gasteiger partial charge in [-0.15, -0.1) is 0 Å². The van der Waals surface area contributed by atoms with E-state index in [-0.39, 0.29) is 31.8 Å². The van der Waals surface area contributed by atoms with Gasteiger partial charge in [0.15, 0.2) is 12.1 Å². The summed E-state index contributed by atoms with van der Waals surface area (Å²) in [4.78, 5) is 27.6. The fourth-order valence-corrected chi connectivity index (χ4v) is 6.58. The van der Waals surface area contributed by atoms with E-state index in [1.165, 1.54) is 0 Å². The predicted molar refractivity (Wildman–Crippen MR) is 155 cm³/mol. The van der Waals surface area contributed by atoms with Crippen LogP contribution in [0.2, 0.25) is 0 Å². The number of aliphatic hydroxyl groups is 1. The lowest BCUT2D eigenvalue weighted by atomic mass is 9.98. The van der Waals surface area contributed by atoms with Crippen molar-refractivity contribution in [1.29, 1.82) is 0 Å². The summed E-state index contributed by atoms with van der Waals surface area (Å²) in [6, 6.07) is 13.2. The van der Waals surface area contributed by atoms with E-state index in [9.17, 15) is 27.9 Å². The van der Waals surface area contributed by atoms with Gasteiger partial charge >= 0.3 is 12.1 Å². The van der Waals surface area contributed by atoms with Gasteiger partial charge in [0.1, 0.15) is 6.04 Å². The summed E-state index contributed by atoms with van der Waals surface area (Å²) >= 11 is 0. The van der Waals surface area contributed by atoms with Crippen molar-refractivity contribution in [2.75, 3.05) is 44.7 Å². The van der Waals surface area contributed by atoms with Crippen LogP contribution in [0.5, 0.6) is 0 Å². The van der Waals surface area contributed by atoms with E-state index in [1.54, 1.807) is 24.3 Å². The first-order valence-electron chi connectivity index (χ1n) is 15.4. The highest BCUT2D eigenvalue weighted by Crippen LogP contribution is 2.39. The van der Waals surface area contributed by atoms with Crippen molar-refractivity contribution in [2.24, 2.45) is 0 Å². The molecule has 4 aliphatic rings. The fraction of sp³-hybridized carbons (Fsp3) is 0.562. The number of alkyl halides is 3. The monoisotopic (exact) mass is 633 g/mol. The van der Waals surface area contributed by atoms with Gasteiger partial charge in [0.2, 0.25) is 5.91 Å². The molecular formula is C32H38F3N3O7. The molecule has 1 spiro atoms. The van der Waals surface area contributed by atoms with Crippen molar-refractivity contribution in [3.63, 3.8) is 0 Å². The summed E-state index contributed by atoms with van der Waals surface area (Å²) in [5.41, 5.74) is 2.87. The average Bonchev–Trinajstić information content (AvgIpc) is 3.72. The van der Waals surface area contributed by atoms with Gasteiger partial charge in [-0.3, -0.25) is 9.59 Å². The van der Waals surface area contributed by atoms with Crippen LogP contribution in [-0.2, 0) is 35.1 Å².